The average Bonchev–Trinajstić information content (AvgIpc) is 2.29. The molecule has 0 spiro atoms. The molecule has 102 valence electrons. The molecular formula is C14H29NO2. The van der Waals surface area contributed by atoms with E-state index in [0.29, 0.717) is 5.92 Å². The zero-order valence-electron chi connectivity index (χ0n) is 11.8. The van der Waals surface area contributed by atoms with Crippen LogP contribution in [0.2, 0.25) is 0 Å². The molecule has 1 saturated heterocycles. The lowest BCUT2D eigenvalue weighted by molar-refractivity contribution is -0.0722. The first kappa shape index (κ1) is 14.9. The third kappa shape index (κ3) is 7.02. The van der Waals surface area contributed by atoms with Crippen molar-refractivity contribution in [2.75, 3.05) is 39.5 Å². The van der Waals surface area contributed by atoms with Crippen LogP contribution in [0.1, 0.15) is 40.0 Å². The van der Waals surface area contributed by atoms with Crippen molar-refractivity contribution in [1.29, 1.82) is 0 Å². The second-order valence-corrected chi connectivity index (χ2v) is 5.43. The predicted molar refractivity (Wildman–Crippen MR) is 71.4 cm³/mol. The number of unbranched alkanes of at least 4 members (excludes halogenated alkanes) is 2. The number of rotatable bonds is 8. The van der Waals surface area contributed by atoms with Gasteiger partial charge in [0, 0.05) is 19.7 Å². The molecule has 17 heavy (non-hydrogen) atoms. The Morgan fingerprint density at radius 1 is 1.35 bits per heavy atom. The number of hydrogen-bond acceptors (Lipinski definition) is 3. The SMILES string of the molecule is CCCCCN1CCO[C@H](COCC(C)C)C1. The molecule has 0 radical (unpaired) electrons. The summed E-state index contributed by atoms with van der Waals surface area (Å²) in [4.78, 5) is 2.52. The normalized spacial score (nSPS) is 22.2. The molecule has 1 fully saturated rings. The van der Waals surface area contributed by atoms with Crippen molar-refractivity contribution >= 4 is 0 Å². The molecule has 1 aliphatic heterocycles. The number of nitrogens with zero attached hydrogens (tertiary/aromatic N) is 1. The van der Waals surface area contributed by atoms with Crippen LogP contribution in [0.15, 0.2) is 0 Å². The zero-order valence-corrected chi connectivity index (χ0v) is 11.8. The number of hydrogen-bond donors (Lipinski definition) is 0. The van der Waals surface area contributed by atoms with E-state index in [1.807, 2.05) is 0 Å². The van der Waals surface area contributed by atoms with Gasteiger partial charge in [-0.05, 0) is 18.9 Å². The van der Waals surface area contributed by atoms with E-state index in [4.69, 9.17) is 9.47 Å². The minimum atomic E-state index is 0.282. The van der Waals surface area contributed by atoms with E-state index < -0.39 is 0 Å². The summed E-state index contributed by atoms with van der Waals surface area (Å²) in [6.45, 7) is 12.4. The fraction of sp³-hybridized carbons (Fsp3) is 1.00. The summed E-state index contributed by atoms with van der Waals surface area (Å²) < 4.78 is 11.4. The molecule has 0 aromatic heterocycles. The summed E-state index contributed by atoms with van der Waals surface area (Å²) in [6, 6.07) is 0. The maximum atomic E-state index is 5.73. The molecule has 1 atom stereocenters. The monoisotopic (exact) mass is 243 g/mol. The van der Waals surface area contributed by atoms with Crippen molar-refractivity contribution in [3.05, 3.63) is 0 Å². The highest BCUT2D eigenvalue weighted by Gasteiger charge is 2.20. The Kier molecular flexibility index (Phi) is 7.82. The lowest BCUT2D eigenvalue weighted by Crippen LogP contribution is -2.44. The highest BCUT2D eigenvalue weighted by Crippen LogP contribution is 2.08. The van der Waals surface area contributed by atoms with Gasteiger partial charge in [0.25, 0.3) is 0 Å². The fourth-order valence-corrected chi connectivity index (χ4v) is 2.10. The van der Waals surface area contributed by atoms with Crippen molar-refractivity contribution in [2.24, 2.45) is 5.92 Å². The Balaban J connectivity index is 2.10. The molecular weight excluding hydrogens is 214 g/mol. The molecule has 1 rings (SSSR count). The van der Waals surface area contributed by atoms with Crippen LogP contribution in [0.5, 0.6) is 0 Å². The van der Waals surface area contributed by atoms with Gasteiger partial charge in [0.1, 0.15) is 0 Å². The molecule has 3 heteroatoms. The Morgan fingerprint density at radius 2 is 2.18 bits per heavy atom. The lowest BCUT2D eigenvalue weighted by atomic mass is 10.2. The van der Waals surface area contributed by atoms with Gasteiger partial charge in [-0.25, -0.2) is 0 Å². The molecule has 0 aromatic carbocycles. The van der Waals surface area contributed by atoms with Crippen LogP contribution in [0.4, 0.5) is 0 Å². The quantitative estimate of drug-likeness (QED) is 0.612. The Morgan fingerprint density at radius 3 is 2.88 bits per heavy atom. The van der Waals surface area contributed by atoms with E-state index in [0.717, 1.165) is 32.9 Å². The zero-order chi connectivity index (χ0) is 12.5. The first-order valence-corrected chi connectivity index (χ1v) is 7.14. The molecule has 0 N–H and O–H groups in total. The van der Waals surface area contributed by atoms with Gasteiger partial charge in [-0.1, -0.05) is 33.6 Å². The largest absolute Gasteiger partial charge is 0.378 e. The van der Waals surface area contributed by atoms with E-state index in [-0.39, 0.29) is 6.10 Å². The minimum Gasteiger partial charge on any atom is -0.378 e. The van der Waals surface area contributed by atoms with Gasteiger partial charge in [0.05, 0.1) is 19.3 Å². The van der Waals surface area contributed by atoms with E-state index in [1.54, 1.807) is 0 Å². The van der Waals surface area contributed by atoms with Crippen molar-refractivity contribution in [1.82, 2.24) is 4.90 Å². The third-order valence-corrected chi connectivity index (χ3v) is 3.06. The third-order valence-electron chi connectivity index (χ3n) is 3.06. The number of morpholine rings is 1. The molecule has 1 heterocycles. The van der Waals surface area contributed by atoms with Crippen LogP contribution < -0.4 is 0 Å². The maximum Gasteiger partial charge on any atom is 0.0935 e. The van der Waals surface area contributed by atoms with Gasteiger partial charge < -0.3 is 9.47 Å². The van der Waals surface area contributed by atoms with Crippen molar-refractivity contribution in [2.45, 2.75) is 46.1 Å². The van der Waals surface area contributed by atoms with E-state index in [9.17, 15) is 0 Å². The highest BCUT2D eigenvalue weighted by atomic mass is 16.5. The topological polar surface area (TPSA) is 21.7 Å². The summed E-state index contributed by atoms with van der Waals surface area (Å²) in [5.74, 6) is 0.610. The van der Waals surface area contributed by atoms with Gasteiger partial charge in [-0.3, -0.25) is 4.90 Å². The highest BCUT2D eigenvalue weighted by molar-refractivity contribution is 4.71. The van der Waals surface area contributed by atoms with Crippen LogP contribution in [0.25, 0.3) is 0 Å². The lowest BCUT2D eigenvalue weighted by Gasteiger charge is -2.32. The number of ether oxygens (including phenoxy) is 2. The average molecular weight is 243 g/mol. The van der Waals surface area contributed by atoms with Crippen molar-refractivity contribution in [3.63, 3.8) is 0 Å². The van der Waals surface area contributed by atoms with Crippen molar-refractivity contribution in [3.8, 4) is 0 Å². The van der Waals surface area contributed by atoms with Gasteiger partial charge in [0.15, 0.2) is 0 Å². The van der Waals surface area contributed by atoms with Crippen LogP contribution in [0, 0.1) is 5.92 Å². The summed E-state index contributed by atoms with van der Waals surface area (Å²) in [7, 11) is 0. The van der Waals surface area contributed by atoms with Crippen LogP contribution in [-0.4, -0.2) is 50.5 Å². The Labute approximate surface area is 106 Å². The first-order valence-electron chi connectivity index (χ1n) is 7.14. The van der Waals surface area contributed by atoms with E-state index in [2.05, 4.69) is 25.7 Å². The molecule has 0 saturated carbocycles. The molecule has 0 bridgehead atoms. The molecule has 0 amide bonds. The van der Waals surface area contributed by atoms with Gasteiger partial charge in [-0.2, -0.15) is 0 Å². The van der Waals surface area contributed by atoms with Crippen LogP contribution >= 0.6 is 0 Å². The Hall–Kier alpha value is -0.120. The smallest absolute Gasteiger partial charge is 0.0935 e. The van der Waals surface area contributed by atoms with Crippen LogP contribution in [0.3, 0.4) is 0 Å². The fourth-order valence-electron chi connectivity index (χ4n) is 2.10. The van der Waals surface area contributed by atoms with E-state index >= 15 is 0 Å². The van der Waals surface area contributed by atoms with Crippen molar-refractivity contribution < 1.29 is 9.47 Å². The second-order valence-electron chi connectivity index (χ2n) is 5.43. The summed E-state index contributed by atoms with van der Waals surface area (Å²) in [5.41, 5.74) is 0. The first-order chi connectivity index (χ1) is 8.22. The molecule has 0 aromatic rings. The maximum absolute atomic E-state index is 5.73. The summed E-state index contributed by atoms with van der Waals surface area (Å²) in [5, 5.41) is 0. The summed E-state index contributed by atoms with van der Waals surface area (Å²) in [6.07, 6.45) is 4.23. The van der Waals surface area contributed by atoms with Crippen LogP contribution in [-0.2, 0) is 9.47 Å². The van der Waals surface area contributed by atoms with Gasteiger partial charge in [-0.15, -0.1) is 0 Å². The van der Waals surface area contributed by atoms with Gasteiger partial charge >= 0.3 is 0 Å². The molecule has 0 unspecified atom stereocenters. The second kappa shape index (κ2) is 8.90. The molecule has 3 nitrogen and oxygen atoms in total. The minimum absolute atomic E-state index is 0.282. The van der Waals surface area contributed by atoms with Gasteiger partial charge in [0.2, 0.25) is 0 Å². The molecule has 0 aliphatic carbocycles. The Bertz CT molecular complexity index is 185. The van der Waals surface area contributed by atoms with E-state index in [1.165, 1.54) is 25.8 Å². The standard InChI is InChI=1S/C14H29NO2/c1-4-5-6-7-15-8-9-17-14(10-15)12-16-11-13(2)3/h13-14H,4-12H2,1-3H3/t14-/m0/s1. The molecule has 1 aliphatic rings. The summed E-state index contributed by atoms with van der Waals surface area (Å²) >= 11 is 0. The predicted octanol–water partition coefficient (Wildman–Crippen LogP) is 2.55.